The number of fused-ring (bicyclic) bond motifs is 5. The first kappa shape index (κ1) is 12.1. The van der Waals surface area contributed by atoms with Crippen LogP contribution in [-0.2, 0) is 28.7 Å². The van der Waals surface area contributed by atoms with Crippen LogP contribution >= 0.6 is 0 Å². The van der Waals surface area contributed by atoms with Gasteiger partial charge in [0.1, 0.15) is 0 Å². The Morgan fingerprint density at radius 3 is 2.35 bits per heavy atom. The fourth-order valence-corrected chi connectivity index (χ4v) is 4.73. The van der Waals surface area contributed by atoms with Gasteiger partial charge in [-0.05, 0) is 37.0 Å². The molecule has 0 spiro atoms. The Labute approximate surface area is 114 Å². The molecule has 6 heteroatoms. The zero-order chi connectivity index (χ0) is 14.0. The first-order valence-corrected chi connectivity index (χ1v) is 7.04. The van der Waals surface area contributed by atoms with E-state index in [1.807, 2.05) is 0 Å². The zero-order valence-electron chi connectivity index (χ0n) is 10.7. The van der Waals surface area contributed by atoms with Crippen LogP contribution in [0, 0.1) is 35.5 Å². The molecule has 0 radical (unpaired) electrons. The quantitative estimate of drug-likeness (QED) is 0.538. The molecule has 2 saturated carbocycles. The van der Waals surface area contributed by atoms with Crippen molar-refractivity contribution >= 4 is 23.9 Å². The highest BCUT2D eigenvalue weighted by atomic mass is 16.6. The lowest BCUT2D eigenvalue weighted by Crippen LogP contribution is -2.31. The lowest BCUT2D eigenvalue weighted by molar-refractivity contribution is -0.155. The van der Waals surface area contributed by atoms with E-state index in [0.29, 0.717) is 6.42 Å². The van der Waals surface area contributed by atoms with Crippen molar-refractivity contribution in [3.05, 3.63) is 0 Å². The van der Waals surface area contributed by atoms with Crippen LogP contribution in [0.5, 0.6) is 0 Å². The van der Waals surface area contributed by atoms with E-state index in [1.54, 1.807) is 0 Å². The number of carbonyl (C=O) groups excluding carboxylic acids is 4. The van der Waals surface area contributed by atoms with Gasteiger partial charge in [-0.1, -0.05) is 0 Å². The van der Waals surface area contributed by atoms with E-state index in [0.717, 1.165) is 12.8 Å². The molecule has 4 rings (SSSR count). The molecule has 6 nitrogen and oxygen atoms in total. The van der Waals surface area contributed by atoms with Crippen LogP contribution in [0.4, 0.5) is 0 Å². The van der Waals surface area contributed by atoms with Crippen LogP contribution in [0.2, 0.25) is 0 Å². The highest BCUT2D eigenvalue weighted by Crippen LogP contribution is 2.59. The third-order valence-corrected chi connectivity index (χ3v) is 5.44. The summed E-state index contributed by atoms with van der Waals surface area (Å²) in [6, 6.07) is 0. The Hall–Kier alpha value is -1.72. The van der Waals surface area contributed by atoms with Gasteiger partial charge in [-0.3, -0.25) is 19.2 Å². The van der Waals surface area contributed by atoms with Crippen molar-refractivity contribution < 1.29 is 28.7 Å². The van der Waals surface area contributed by atoms with Crippen molar-refractivity contribution in [2.45, 2.75) is 25.7 Å². The SMILES string of the molecule is O=C1CC(CC2CC3CC2C2C(=O)OC(=O)C32)C(=O)O1. The normalized spacial score (nSPS) is 45.8. The van der Waals surface area contributed by atoms with E-state index >= 15 is 0 Å². The van der Waals surface area contributed by atoms with Crippen LogP contribution in [-0.4, -0.2) is 23.9 Å². The van der Waals surface area contributed by atoms with Gasteiger partial charge in [-0.25, -0.2) is 0 Å². The fraction of sp³-hybridized carbons (Fsp3) is 0.714. The smallest absolute Gasteiger partial charge is 0.317 e. The third-order valence-electron chi connectivity index (χ3n) is 5.44. The van der Waals surface area contributed by atoms with Gasteiger partial charge >= 0.3 is 23.9 Å². The summed E-state index contributed by atoms with van der Waals surface area (Å²) >= 11 is 0. The van der Waals surface area contributed by atoms with E-state index in [9.17, 15) is 19.2 Å². The van der Waals surface area contributed by atoms with Gasteiger partial charge < -0.3 is 9.47 Å². The molecule has 106 valence electrons. The number of hydrogen-bond donors (Lipinski definition) is 0. The second-order valence-corrected chi connectivity index (χ2v) is 6.38. The topological polar surface area (TPSA) is 86.7 Å². The first-order valence-electron chi connectivity index (χ1n) is 7.04. The summed E-state index contributed by atoms with van der Waals surface area (Å²) in [6.45, 7) is 0. The lowest BCUT2D eigenvalue weighted by atomic mass is 9.72. The Kier molecular flexibility index (Phi) is 2.35. The number of esters is 4. The molecule has 0 aromatic carbocycles. The van der Waals surface area contributed by atoms with Crippen LogP contribution < -0.4 is 0 Å². The van der Waals surface area contributed by atoms with Crippen molar-refractivity contribution in [1.82, 2.24) is 0 Å². The number of hydrogen-bond acceptors (Lipinski definition) is 6. The summed E-state index contributed by atoms with van der Waals surface area (Å²) in [4.78, 5) is 46.1. The summed E-state index contributed by atoms with van der Waals surface area (Å²) in [6.07, 6.45) is 2.42. The van der Waals surface area contributed by atoms with E-state index in [4.69, 9.17) is 4.74 Å². The van der Waals surface area contributed by atoms with Gasteiger partial charge in [0.25, 0.3) is 0 Å². The maximum Gasteiger partial charge on any atom is 0.317 e. The second kappa shape index (κ2) is 3.90. The molecule has 2 aliphatic heterocycles. The molecule has 0 aromatic rings. The third kappa shape index (κ3) is 1.50. The van der Waals surface area contributed by atoms with Gasteiger partial charge in [0.2, 0.25) is 0 Å². The largest absolute Gasteiger partial charge is 0.393 e. The number of carbonyl (C=O) groups is 4. The maximum atomic E-state index is 11.8. The van der Waals surface area contributed by atoms with Gasteiger partial charge in [0, 0.05) is 0 Å². The Morgan fingerprint density at radius 1 is 0.900 bits per heavy atom. The molecule has 2 heterocycles. The highest BCUT2D eigenvalue weighted by Gasteiger charge is 2.63. The van der Waals surface area contributed by atoms with E-state index in [-0.39, 0.29) is 47.9 Å². The number of ether oxygens (including phenoxy) is 2. The number of cyclic esters (lactones) is 4. The average molecular weight is 278 g/mol. The standard InChI is InChI=1S/C14H14O6/c15-9-4-7(12(16)19-9)2-5-1-6-3-8(5)11-10(6)13(17)20-14(11)18/h5-8,10-11H,1-4H2. The minimum absolute atomic E-state index is 0.118. The first-order chi connectivity index (χ1) is 9.54. The molecule has 0 amide bonds. The minimum atomic E-state index is -0.462. The average Bonchev–Trinajstić information content (AvgIpc) is 3.06. The van der Waals surface area contributed by atoms with Crippen LogP contribution in [0.25, 0.3) is 0 Å². The maximum absolute atomic E-state index is 11.8. The van der Waals surface area contributed by atoms with Crippen molar-refractivity contribution in [1.29, 1.82) is 0 Å². The summed E-state index contributed by atoms with van der Waals surface area (Å²) in [5, 5.41) is 0. The highest BCUT2D eigenvalue weighted by molar-refractivity contribution is 5.97. The lowest BCUT2D eigenvalue weighted by Gasteiger charge is -2.28. The minimum Gasteiger partial charge on any atom is -0.393 e. The van der Waals surface area contributed by atoms with Crippen LogP contribution in [0.3, 0.4) is 0 Å². The van der Waals surface area contributed by atoms with Crippen molar-refractivity contribution in [3.63, 3.8) is 0 Å². The molecule has 6 unspecified atom stereocenters. The van der Waals surface area contributed by atoms with E-state index in [2.05, 4.69) is 4.74 Å². The molecule has 2 bridgehead atoms. The molecular formula is C14H14O6. The molecule has 0 aromatic heterocycles. The van der Waals surface area contributed by atoms with Crippen LogP contribution in [0.1, 0.15) is 25.7 Å². The molecule has 4 aliphatic rings. The van der Waals surface area contributed by atoms with Crippen molar-refractivity contribution in [2.75, 3.05) is 0 Å². The molecule has 0 N–H and O–H groups in total. The number of rotatable bonds is 2. The van der Waals surface area contributed by atoms with Gasteiger partial charge in [-0.15, -0.1) is 0 Å². The Balaban J connectivity index is 1.51. The molecule has 20 heavy (non-hydrogen) atoms. The molecule has 2 saturated heterocycles. The van der Waals surface area contributed by atoms with Gasteiger partial charge in [-0.2, -0.15) is 0 Å². The molecule has 6 atom stereocenters. The Bertz CT molecular complexity index is 538. The van der Waals surface area contributed by atoms with Crippen molar-refractivity contribution in [2.24, 2.45) is 35.5 Å². The Morgan fingerprint density at radius 2 is 1.65 bits per heavy atom. The predicted molar refractivity (Wildman–Crippen MR) is 61.6 cm³/mol. The fourth-order valence-electron chi connectivity index (χ4n) is 4.73. The van der Waals surface area contributed by atoms with E-state index < -0.39 is 17.9 Å². The summed E-state index contributed by atoms with van der Waals surface area (Å²) in [7, 11) is 0. The molecule has 4 fully saturated rings. The summed E-state index contributed by atoms with van der Waals surface area (Å²) < 4.78 is 9.31. The summed E-state index contributed by atoms with van der Waals surface area (Å²) in [5.41, 5.74) is 0. The molecule has 2 aliphatic carbocycles. The van der Waals surface area contributed by atoms with Gasteiger partial charge in [0.15, 0.2) is 0 Å². The predicted octanol–water partition coefficient (Wildman–Crippen LogP) is 0.438. The zero-order valence-corrected chi connectivity index (χ0v) is 10.7. The summed E-state index contributed by atoms with van der Waals surface area (Å²) in [5.74, 6) is -2.11. The monoisotopic (exact) mass is 278 g/mol. The molecular weight excluding hydrogens is 264 g/mol. The van der Waals surface area contributed by atoms with Gasteiger partial charge in [0.05, 0.1) is 24.2 Å². The van der Waals surface area contributed by atoms with Crippen molar-refractivity contribution in [3.8, 4) is 0 Å². The second-order valence-electron chi connectivity index (χ2n) is 6.38. The van der Waals surface area contributed by atoms with E-state index in [1.165, 1.54) is 0 Å². The van der Waals surface area contributed by atoms with Crippen LogP contribution in [0.15, 0.2) is 0 Å².